The number of fused-ring (bicyclic) bond motifs is 21. The third-order valence-electron chi connectivity index (χ3n) is 16.4. The summed E-state index contributed by atoms with van der Waals surface area (Å²) in [5.41, 5.74) is 9.74. The fraction of sp³-hybridized carbons (Fsp3) is 0.0610. The standard InChI is InChI=1S/C19H14.C18H13N.C17H12N2.C16H13N3.C12H9NS/c1-13-10-11-18-16-8-3-2-6-14(16)15-7-4-5-9-17(15)19(18)12-13;1-12-10-11-17-15-8-3-2-6-13(15)14-7-4-5-9-16(14)18(17)19-12;1-11-10-18-16-14-8-4-2-6-12(14)13-7-3-5-9-15(13)17(16)19-11;1-12-17-15(13-8-4-2-5-9-13)19-16(18-12)14-10-6-3-7-11-14;1-8-2-3-11-10(6-8)9-4-5-13-7-12(9)14-11/h2-12H,1H3;2-11H,1H3;2-10H,1H3;2-11H,1H3;2-7H,1H3. The van der Waals surface area contributed by atoms with Crippen molar-refractivity contribution in [3.63, 3.8) is 0 Å². The molecule has 0 aliphatic carbocycles. The molecular formula is C82H61N7S. The zero-order valence-electron chi connectivity index (χ0n) is 50.6. The summed E-state index contributed by atoms with van der Waals surface area (Å²) in [4.78, 5) is 31.5. The molecule has 18 aromatic rings. The van der Waals surface area contributed by atoms with Crippen LogP contribution in [0.15, 0.2) is 279 Å². The summed E-state index contributed by atoms with van der Waals surface area (Å²) < 4.78 is 2.62. The molecule has 13 aromatic carbocycles. The van der Waals surface area contributed by atoms with Gasteiger partial charge in [-0.2, -0.15) is 0 Å². The maximum absolute atomic E-state index is 4.75. The first kappa shape index (κ1) is 56.6. The lowest BCUT2D eigenvalue weighted by Gasteiger charge is -2.10. The molecular weight excluding hydrogens is 1120 g/mol. The van der Waals surface area contributed by atoms with Crippen LogP contribution < -0.4 is 0 Å². The second-order valence-corrected chi connectivity index (χ2v) is 23.7. The number of aromatic nitrogens is 7. The Labute approximate surface area is 525 Å². The molecule has 18 rings (SSSR count). The normalized spacial score (nSPS) is 11.2. The number of benzene rings is 13. The summed E-state index contributed by atoms with van der Waals surface area (Å²) in [7, 11) is 0. The molecule has 0 N–H and O–H groups in total. The van der Waals surface area contributed by atoms with Gasteiger partial charge in [0.25, 0.3) is 0 Å². The Morgan fingerprint density at radius 3 is 1.17 bits per heavy atom. The van der Waals surface area contributed by atoms with E-state index in [2.05, 4.69) is 239 Å². The minimum atomic E-state index is 0.715. The van der Waals surface area contributed by atoms with Crippen LogP contribution in [0.5, 0.6) is 0 Å². The largest absolute Gasteiger partial charge is 0.263 e. The van der Waals surface area contributed by atoms with Crippen molar-refractivity contribution in [3.8, 4) is 22.8 Å². The van der Waals surface area contributed by atoms with Crippen molar-refractivity contribution in [3.05, 3.63) is 308 Å². The number of aryl methyl sites for hydroxylation is 5. The maximum Gasteiger partial charge on any atom is 0.163 e. The zero-order valence-corrected chi connectivity index (χ0v) is 51.4. The molecule has 0 aliphatic rings. The van der Waals surface area contributed by atoms with Crippen LogP contribution in [0.2, 0.25) is 0 Å². The lowest BCUT2D eigenvalue weighted by atomic mass is 9.93. The Kier molecular flexibility index (Phi) is 15.7. The van der Waals surface area contributed by atoms with Crippen molar-refractivity contribution in [2.24, 2.45) is 0 Å². The van der Waals surface area contributed by atoms with Crippen LogP contribution >= 0.6 is 11.3 Å². The topological polar surface area (TPSA) is 90.2 Å². The predicted octanol–water partition coefficient (Wildman–Crippen LogP) is 21.8. The molecule has 7 nitrogen and oxygen atoms in total. The van der Waals surface area contributed by atoms with E-state index < -0.39 is 0 Å². The second-order valence-electron chi connectivity index (χ2n) is 22.6. The number of nitrogens with zero attached hydrogens (tertiary/aromatic N) is 7. The number of hydrogen-bond donors (Lipinski definition) is 0. The van der Waals surface area contributed by atoms with Gasteiger partial charge in [-0.1, -0.05) is 248 Å². The third-order valence-corrected chi connectivity index (χ3v) is 17.5. The van der Waals surface area contributed by atoms with Gasteiger partial charge in [0.05, 0.1) is 26.9 Å². The molecule has 90 heavy (non-hydrogen) atoms. The minimum absolute atomic E-state index is 0.715. The van der Waals surface area contributed by atoms with Crippen LogP contribution in [-0.2, 0) is 0 Å². The van der Waals surface area contributed by atoms with E-state index >= 15 is 0 Å². The monoisotopic (exact) mass is 1180 g/mol. The van der Waals surface area contributed by atoms with Gasteiger partial charge < -0.3 is 0 Å². The van der Waals surface area contributed by atoms with Crippen molar-refractivity contribution in [2.45, 2.75) is 34.6 Å². The Morgan fingerprint density at radius 1 is 0.256 bits per heavy atom. The molecule has 5 aromatic heterocycles. The summed E-state index contributed by atoms with van der Waals surface area (Å²) in [6.07, 6.45) is 5.63. The first-order valence-electron chi connectivity index (χ1n) is 30.3. The molecule has 0 atom stereocenters. The smallest absolute Gasteiger partial charge is 0.163 e. The number of pyridine rings is 2. The highest BCUT2D eigenvalue weighted by atomic mass is 32.1. The van der Waals surface area contributed by atoms with E-state index in [9.17, 15) is 0 Å². The molecule has 0 fully saturated rings. The SMILES string of the molecule is Cc1ccc2c3ccccc3c3ccccc3c2c1.Cc1ccc2c3ccccc3c3ccccc3c2n1.Cc1ccc2sc3cnccc3c2c1.Cc1cnc2c3ccccc3c3ccccc3c2n1.Cc1nc(-c2ccccc2)nc(-c2ccccc2)n1. The van der Waals surface area contributed by atoms with Gasteiger partial charge in [-0.15, -0.1) is 11.3 Å². The quantitative estimate of drug-likeness (QED) is 0.159. The van der Waals surface area contributed by atoms with Crippen LogP contribution in [0.25, 0.3) is 140 Å². The van der Waals surface area contributed by atoms with Crippen LogP contribution in [0.3, 0.4) is 0 Å². The third kappa shape index (κ3) is 11.3. The van der Waals surface area contributed by atoms with Gasteiger partial charge in [-0.05, 0) is 118 Å². The molecule has 0 spiro atoms. The van der Waals surface area contributed by atoms with Gasteiger partial charge in [0, 0.05) is 72.4 Å². The van der Waals surface area contributed by atoms with Gasteiger partial charge in [0.15, 0.2) is 11.6 Å². The predicted molar refractivity (Wildman–Crippen MR) is 382 cm³/mol. The lowest BCUT2D eigenvalue weighted by Crippen LogP contribution is -1.99. The van der Waals surface area contributed by atoms with Gasteiger partial charge in [-0.25, -0.2) is 19.9 Å². The molecule has 0 amide bonds. The van der Waals surface area contributed by atoms with Crippen molar-refractivity contribution < 1.29 is 0 Å². The second kappa shape index (κ2) is 24.9. The Bertz CT molecular complexity index is 5150. The molecule has 0 aliphatic heterocycles. The van der Waals surface area contributed by atoms with E-state index in [1.54, 1.807) is 0 Å². The summed E-state index contributed by atoms with van der Waals surface area (Å²) >= 11 is 1.81. The summed E-state index contributed by atoms with van der Waals surface area (Å²) in [6, 6.07) is 90.9. The average molecular weight is 1180 g/mol. The zero-order chi connectivity index (χ0) is 61.1. The Balaban J connectivity index is 0.0000000986. The first-order chi connectivity index (χ1) is 44.2. The summed E-state index contributed by atoms with van der Waals surface area (Å²) in [5.74, 6) is 2.16. The van der Waals surface area contributed by atoms with Crippen LogP contribution in [0.1, 0.15) is 28.3 Å². The fourth-order valence-electron chi connectivity index (χ4n) is 12.2. The van der Waals surface area contributed by atoms with Gasteiger partial charge in [0.2, 0.25) is 0 Å². The maximum atomic E-state index is 4.75. The first-order valence-corrected chi connectivity index (χ1v) is 31.1. The van der Waals surface area contributed by atoms with Gasteiger partial charge in [-0.3, -0.25) is 15.0 Å². The Morgan fingerprint density at radius 2 is 0.644 bits per heavy atom. The van der Waals surface area contributed by atoms with Crippen LogP contribution in [0.4, 0.5) is 0 Å². The lowest BCUT2D eigenvalue weighted by molar-refractivity contribution is 0.992. The highest BCUT2D eigenvalue weighted by Gasteiger charge is 2.13. The van der Waals surface area contributed by atoms with E-state index in [1.807, 2.05) is 111 Å². The van der Waals surface area contributed by atoms with Crippen LogP contribution in [-0.4, -0.2) is 34.9 Å². The fourth-order valence-corrected chi connectivity index (χ4v) is 13.3. The highest BCUT2D eigenvalue weighted by Crippen LogP contribution is 2.38. The number of rotatable bonds is 2. The van der Waals surface area contributed by atoms with Gasteiger partial charge >= 0.3 is 0 Å². The molecule has 0 unspecified atom stereocenters. The van der Waals surface area contributed by atoms with Crippen molar-refractivity contribution >= 4 is 129 Å². The van der Waals surface area contributed by atoms with E-state index in [1.165, 1.54) is 112 Å². The minimum Gasteiger partial charge on any atom is -0.263 e. The molecule has 8 heteroatoms. The van der Waals surface area contributed by atoms with Crippen molar-refractivity contribution in [1.29, 1.82) is 0 Å². The molecule has 0 radical (unpaired) electrons. The molecule has 5 heterocycles. The molecule has 430 valence electrons. The molecule has 0 bridgehead atoms. The van der Waals surface area contributed by atoms with Crippen LogP contribution in [0, 0.1) is 34.6 Å². The number of hydrogen-bond acceptors (Lipinski definition) is 8. The van der Waals surface area contributed by atoms with Crippen molar-refractivity contribution in [2.75, 3.05) is 0 Å². The highest BCUT2D eigenvalue weighted by molar-refractivity contribution is 7.25. The van der Waals surface area contributed by atoms with E-state index in [0.29, 0.717) is 11.6 Å². The van der Waals surface area contributed by atoms with Crippen molar-refractivity contribution in [1.82, 2.24) is 34.9 Å². The summed E-state index contributed by atoms with van der Waals surface area (Å²) in [6.45, 7) is 10.2. The summed E-state index contributed by atoms with van der Waals surface area (Å²) in [5, 5.41) is 21.9. The molecule has 0 saturated carbocycles. The Hall–Kier alpha value is -11.2. The van der Waals surface area contributed by atoms with E-state index in [-0.39, 0.29) is 0 Å². The average Bonchev–Trinajstić information content (AvgIpc) is 1.10. The van der Waals surface area contributed by atoms with E-state index in [4.69, 9.17) is 9.97 Å². The van der Waals surface area contributed by atoms with E-state index in [0.717, 1.165) is 44.9 Å². The number of thiophene rings is 1. The molecule has 0 saturated heterocycles. The van der Waals surface area contributed by atoms with Gasteiger partial charge in [0.1, 0.15) is 5.82 Å².